The highest BCUT2D eigenvalue weighted by Gasteiger charge is 2.84. The van der Waals surface area contributed by atoms with E-state index in [0.29, 0.717) is 5.41 Å². The molecule has 5 aliphatic carbocycles. The van der Waals surface area contributed by atoms with Crippen molar-refractivity contribution in [2.45, 2.75) is 31.1 Å². The van der Waals surface area contributed by atoms with Gasteiger partial charge < -0.3 is 4.90 Å². The minimum absolute atomic E-state index is 0.0755. The van der Waals surface area contributed by atoms with Crippen molar-refractivity contribution in [3.05, 3.63) is 236 Å². The summed E-state index contributed by atoms with van der Waals surface area (Å²) in [5, 5.41) is 5.03. The highest BCUT2D eigenvalue weighted by molar-refractivity contribution is 6.09. The van der Waals surface area contributed by atoms with Crippen LogP contribution in [0.25, 0.3) is 77.2 Å². The highest BCUT2D eigenvalue weighted by Crippen LogP contribution is 2.89. The van der Waals surface area contributed by atoms with Gasteiger partial charge in [0.1, 0.15) is 0 Å². The SMILES string of the molecule is c1ccc(-c2ccc(-c3cccc4ccccc34)cc2N(c2ccc3c(c2)C2(c4ccccc4-3)C3CC4CC5CC2C53C4)c2ccccc2-c2cccc3cccc(-c4ccccc4)c23)cc1. The predicted octanol–water partition coefficient (Wildman–Crippen LogP) is 17.5. The topological polar surface area (TPSA) is 3.24 Å². The second-order valence-corrected chi connectivity index (χ2v) is 20.4. The third-order valence-corrected chi connectivity index (χ3v) is 17.7. The molecule has 0 aliphatic heterocycles. The standard InChI is InChI=1S/C66H49N/c1-3-16-44(17-4-1)52-34-32-47(51-27-13-21-43-20-7-8-24-50(43)51)38-61(52)67(60-31-12-10-26-56(60)57-29-15-23-46-22-14-28-53(64(46)57)45-18-5-2-6-19-45)49-33-35-55-54-25-9-11-30-58(54)66(59(55)40-49)62-37-42-36-48-39-63(66)65(48,62)41-42/h1-35,38,40,42,48,62-63H,36-37,39,41H2. The molecule has 5 aliphatic rings. The number of fused-ring (bicyclic) bond motifs is 10. The van der Waals surface area contributed by atoms with Crippen molar-refractivity contribution < 1.29 is 0 Å². The number of hydrogen-bond donors (Lipinski definition) is 0. The number of nitrogens with zero attached hydrogens (tertiary/aromatic N) is 1. The van der Waals surface area contributed by atoms with E-state index in [1.807, 2.05) is 0 Å². The lowest BCUT2D eigenvalue weighted by Crippen LogP contribution is -2.73. The Kier molecular flexibility index (Phi) is 7.89. The van der Waals surface area contributed by atoms with Crippen LogP contribution in [0.15, 0.2) is 224 Å². The van der Waals surface area contributed by atoms with Crippen molar-refractivity contribution in [1.29, 1.82) is 0 Å². The van der Waals surface area contributed by atoms with Gasteiger partial charge in [0.25, 0.3) is 0 Å². The van der Waals surface area contributed by atoms with Gasteiger partial charge in [0.2, 0.25) is 0 Å². The van der Waals surface area contributed by atoms with Gasteiger partial charge in [-0.1, -0.05) is 200 Å². The fraction of sp³-hybridized carbons (Fsp3) is 0.152. The van der Waals surface area contributed by atoms with E-state index in [0.717, 1.165) is 23.7 Å². The van der Waals surface area contributed by atoms with Crippen molar-refractivity contribution in [2.24, 2.45) is 29.1 Å². The molecule has 10 aromatic rings. The minimum atomic E-state index is 0.0755. The molecule has 67 heavy (non-hydrogen) atoms. The molecule has 1 nitrogen and oxygen atoms in total. The van der Waals surface area contributed by atoms with Gasteiger partial charge in [-0.05, 0) is 156 Å². The van der Waals surface area contributed by atoms with E-state index in [1.165, 1.54) is 120 Å². The van der Waals surface area contributed by atoms with Crippen molar-refractivity contribution in [3.8, 4) is 55.6 Å². The molecule has 2 spiro atoms. The van der Waals surface area contributed by atoms with Gasteiger partial charge in [0.05, 0.1) is 11.4 Å². The first-order valence-corrected chi connectivity index (χ1v) is 24.6. The number of hydrogen-bond acceptors (Lipinski definition) is 1. The zero-order valence-electron chi connectivity index (χ0n) is 37.4. The van der Waals surface area contributed by atoms with E-state index >= 15 is 0 Å². The zero-order valence-corrected chi connectivity index (χ0v) is 37.4. The molecule has 6 unspecified atom stereocenters. The molecule has 4 fully saturated rings. The summed E-state index contributed by atoms with van der Waals surface area (Å²) in [5.41, 5.74) is 20.1. The van der Waals surface area contributed by atoms with Crippen LogP contribution in [0.1, 0.15) is 36.8 Å². The molecule has 0 aromatic heterocycles. The Morgan fingerprint density at radius 3 is 1.81 bits per heavy atom. The number of rotatable bonds is 7. The summed E-state index contributed by atoms with van der Waals surface area (Å²) in [4.78, 5) is 2.64. The van der Waals surface area contributed by atoms with Crippen LogP contribution in [-0.4, -0.2) is 0 Å². The van der Waals surface area contributed by atoms with Crippen molar-refractivity contribution in [2.75, 3.05) is 4.90 Å². The fourth-order valence-corrected chi connectivity index (χ4v) is 15.4. The molecule has 0 radical (unpaired) electrons. The number of anilines is 3. The molecule has 6 atom stereocenters. The Bertz CT molecular complexity index is 3630. The summed E-state index contributed by atoms with van der Waals surface area (Å²) in [6.45, 7) is 0. The maximum absolute atomic E-state index is 2.68. The lowest BCUT2D eigenvalue weighted by molar-refractivity contribution is -0.231. The first kappa shape index (κ1) is 37.7. The van der Waals surface area contributed by atoms with E-state index in [4.69, 9.17) is 0 Å². The summed E-state index contributed by atoms with van der Waals surface area (Å²) in [6, 6.07) is 84.8. The minimum Gasteiger partial charge on any atom is -0.309 e. The van der Waals surface area contributed by atoms with E-state index in [9.17, 15) is 0 Å². The van der Waals surface area contributed by atoms with E-state index in [2.05, 4.69) is 229 Å². The van der Waals surface area contributed by atoms with Crippen LogP contribution in [0.2, 0.25) is 0 Å². The molecule has 4 saturated carbocycles. The second-order valence-electron chi connectivity index (χ2n) is 20.4. The molecule has 318 valence electrons. The Hall–Kier alpha value is -7.48. The first-order chi connectivity index (χ1) is 33.2. The first-order valence-electron chi connectivity index (χ1n) is 24.6. The summed E-state index contributed by atoms with van der Waals surface area (Å²) in [5.74, 6) is 3.28. The Morgan fingerprint density at radius 2 is 0.985 bits per heavy atom. The van der Waals surface area contributed by atoms with Gasteiger partial charge >= 0.3 is 0 Å². The molecule has 15 rings (SSSR count). The van der Waals surface area contributed by atoms with Crippen LogP contribution in [0.5, 0.6) is 0 Å². The molecule has 0 amide bonds. The van der Waals surface area contributed by atoms with Gasteiger partial charge in [-0.25, -0.2) is 0 Å². The highest BCUT2D eigenvalue weighted by atomic mass is 15.1. The van der Waals surface area contributed by atoms with E-state index in [-0.39, 0.29) is 5.41 Å². The lowest BCUT2D eigenvalue weighted by Gasteiger charge is -2.76. The average Bonchev–Trinajstić information content (AvgIpc) is 4.03. The smallest absolute Gasteiger partial charge is 0.0546 e. The van der Waals surface area contributed by atoms with Crippen LogP contribution in [0.3, 0.4) is 0 Å². The van der Waals surface area contributed by atoms with Gasteiger partial charge in [-0.3, -0.25) is 0 Å². The van der Waals surface area contributed by atoms with Gasteiger partial charge in [0, 0.05) is 22.2 Å². The van der Waals surface area contributed by atoms with Crippen molar-refractivity contribution in [3.63, 3.8) is 0 Å². The Labute approximate surface area is 393 Å². The van der Waals surface area contributed by atoms with E-state index < -0.39 is 0 Å². The Morgan fingerprint density at radius 1 is 0.373 bits per heavy atom. The van der Waals surface area contributed by atoms with E-state index in [1.54, 1.807) is 11.1 Å². The summed E-state index contributed by atoms with van der Waals surface area (Å²) < 4.78 is 0. The molecule has 1 heteroatoms. The quantitative estimate of drug-likeness (QED) is 0.154. The average molecular weight is 856 g/mol. The van der Waals surface area contributed by atoms with Crippen molar-refractivity contribution >= 4 is 38.6 Å². The molecular weight excluding hydrogens is 807 g/mol. The molecule has 0 N–H and O–H groups in total. The normalized spacial score (nSPS) is 23.4. The molecule has 10 aromatic carbocycles. The van der Waals surface area contributed by atoms with Crippen LogP contribution in [0, 0.1) is 29.1 Å². The predicted molar refractivity (Wildman–Crippen MR) is 279 cm³/mol. The van der Waals surface area contributed by atoms with Crippen molar-refractivity contribution in [1.82, 2.24) is 0 Å². The Balaban J connectivity index is 1.02. The second kappa shape index (κ2) is 14.0. The number of para-hydroxylation sites is 1. The molecule has 2 bridgehead atoms. The van der Waals surface area contributed by atoms with Crippen LogP contribution in [0.4, 0.5) is 17.1 Å². The largest absolute Gasteiger partial charge is 0.309 e. The van der Waals surface area contributed by atoms with Crippen LogP contribution in [-0.2, 0) is 5.41 Å². The molecular formula is C66H49N. The third-order valence-electron chi connectivity index (χ3n) is 17.7. The third kappa shape index (κ3) is 5.04. The van der Waals surface area contributed by atoms with Gasteiger partial charge in [0.15, 0.2) is 0 Å². The molecule has 0 saturated heterocycles. The summed E-state index contributed by atoms with van der Waals surface area (Å²) in [6.07, 6.45) is 5.70. The summed E-state index contributed by atoms with van der Waals surface area (Å²) in [7, 11) is 0. The monoisotopic (exact) mass is 855 g/mol. The van der Waals surface area contributed by atoms with Gasteiger partial charge in [-0.2, -0.15) is 0 Å². The van der Waals surface area contributed by atoms with Crippen LogP contribution < -0.4 is 4.90 Å². The summed E-state index contributed by atoms with van der Waals surface area (Å²) >= 11 is 0. The lowest BCUT2D eigenvalue weighted by atomic mass is 9.27. The fourth-order valence-electron chi connectivity index (χ4n) is 15.4. The number of benzene rings is 10. The molecule has 0 heterocycles. The van der Waals surface area contributed by atoms with Crippen LogP contribution >= 0.6 is 0 Å². The maximum atomic E-state index is 2.68. The zero-order chi connectivity index (χ0) is 43.8. The maximum Gasteiger partial charge on any atom is 0.0546 e. The van der Waals surface area contributed by atoms with Gasteiger partial charge in [-0.15, -0.1) is 0 Å².